The summed E-state index contributed by atoms with van der Waals surface area (Å²) in [6.07, 6.45) is 7.57. The molecular formula is C13H22N4OSi. The molecule has 0 radical (unpaired) electrons. The molecule has 0 aliphatic carbocycles. The van der Waals surface area contributed by atoms with Crippen LogP contribution >= 0.6 is 0 Å². The Morgan fingerprint density at radius 3 is 2.68 bits per heavy atom. The summed E-state index contributed by atoms with van der Waals surface area (Å²) in [4.78, 5) is 4.37. The molecule has 2 aromatic rings. The zero-order valence-electron chi connectivity index (χ0n) is 12.1. The molecule has 0 saturated carbocycles. The Hall–Kier alpha value is -1.40. The normalized spacial score (nSPS) is 12.0. The minimum Gasteiger partial charge on any atom is -0.361 e. The fourth-order valence-electron chi connectivity index (χ4n) is 1.68. The first-order chi connectivity index (χ1) is 8.94. The van der Waals surface area contributed by atoms with Crippen molar-refractivity contribution in [1.29, 1.82) is 0 Å². The molecule has 0 fully saturated rings. The molecule has 0 aliphatic rings. The first kappa shape index (κ1) is 14.0. The molecule has 104 valence electrons. The van der Waals surface area contributed by atoms with E-state index in [1.54, 1.807) is 11.0 Å². The molecule has 0 aliphatic heterocycles. The predicted octanol–water partition coefficient (Wildman–Crippen LogP) is 2.60. The third-order valence-electron chi connectivity index (χ3n) is 2.87. The summed E-state index contributed by atoms with van der Waals surface area (Å²) in [5.74, 6) is 0. The Morgan fingerprint density at radius 1 is 1.26 bits per heavy atom. The maximum absolute atomic E-state index is 5.69. The third-order valence-corrected chi connectivity index (χ3v) is 4.57. The van der Waals surface area contributed by atoms with Crippen LogP contribution in [0.4, 0.5) is 0 Å². The summed E-state index contributed by atoms with van der Waals surface area (Å²) in [5, 5.41) is 4.15. The highest BCUT2D eigenvalue weighted by atomic mass is 28.3. The van der Waals surface area contributed by atoms with Crippen LogP contribution in [0.2, 0.25) is 25.7 Å². The second-order valence-electron chi connectivity index (χ2n) is 6.02. The zero-order valence-corrected chi connectivity index (χ0v) is 13.1. The Balaban J connectivity index is 1.85. The number of aryl methyl sites for hydroxylation is 1. The standard InChI is InChI=1S/C13H22N4OSi/c1-16-8-12(7-15-16)13-9-17(10-14-13)11-18-5-6-19(2,3)4/h7-10H,5-6,11H2,1-4H3. The van der Waals surface area contributed by atoms with Gasteiger partial charge in [0.05, 0.1) is 18.2 Å². The molecule has 6 heteroatoms. The minimum atomic E-state index is -1.00. The summed E-state index contributed by atoms with van der Waals surface area (Å²) in [6, 6.07) is 1.19. The van der Waals surface area contributed by atoms with Crippen molar-refractivity contribution in [3.05, 3.63) is 24.9 Å². The highest BCUT2D eigenvalue weighted by Crippen LogP contribution is 2.15. The number of hydrogen-bond donors (Lipinski definition) is 0. The van der Waals surface area contributed by atoms with E-state index in [4.69, 9.17) is 4.74 Å². The van der Waals surface area contributed by atoms with Gasteiger partial charge in [-0.2, -0.15) is 5.10 Å². The van der Waals surface area contributed by atoms with Gasteiger partial charge in [0.2, 0.25) is 0 Å². The molecule has 2 aromatic heterocycles. The van der Waals surface area contributed by atoms with E-state index in [1.165, 1.54) is 6.04 Å². The van der Waals surface area contributed by atoms with Crippen LogP contribution in [0.25, 0.3) is 11.3 Å². The van der Waals surface area contributed by atoms with Gasteiger partial charge in [-0.3, -0.25) is 4.68 Å². The SMILES string of the molecule is Cn1cc(-c2cn(COCC[Si](C)(C)C)cn2)cn1. The Morgan fingerprint density at radius 2 is 2.05 bits per heavy atom. The summed E-state index contributed by atoms with van der Waals surface area (Å²) >= 11 is 0. The number of hydrogen-bond acceptors (Lipinski definition) is 3. The molecule has 0 amide bonds. The van der Waals surface area contributed by atoms with Gasteiger partial charge >= 0.3 is 0 Å². The summed E-state index contributed by atoms with van der Waals surface area (Å²) in [6.45, 7) is 8.46. The first-order valence-corrected chi connectivity index (χ1v) is 10.2. The van der Waals surface area contributed by atoms with Gasteiger partial charge in [0.15, 0.2) is 0 Å². The average molecular weight is 278 g/mol. The van der Waals surface area contributed by atoms with Crippen molar-refractivity contribution >= 4 is 8.07 Å². The van der Waals surface area contributed by atoms with E-state index in [9.17, 15) is 0 Å². The van der Waals surface area contributed by atoms with Crippen LogP contribution in [0, 0.1) is 0 Å². The lowest BCUT2D eigenvalue weighted by molar-refractivity contribution is 0.0872. The van der Waals surface area contributed by atoms with Crippen LogP contribution < -0.4 is 0 Å². The van der Waals surface area contributed by atoms with Gasteiger partial charge in [0, 0.05) is 39.7 Å². The molecule has 2 rings (SSSR count). The zero-order chi connectivity index (χ0) is 13.9. The molecule has 0 N–H and O–H groups in total. The Bertz CT molecular complexity index is 527. The van der Waals surface area contributed by atoms with Gasteiger partial charge in [0.1, 0.15) is 6.73 Å². The average Bonchev–Trinajstić information content (AvgIpc) is 2.92. The summed E-state index contributed by atoms with van der Waals surface area (Å²) < 4.78 is 9.43. The van der Waals surface area contributed by atoms with Gasteiger partial charge in [-0.05, 0) is 6.04 Å². The van der Waals surface area contributed by atoms with Gasteiger partial charge < -0.3 is 9.30 Å². The molecule has 0 aromatic carbocycles. The largest absolute Gasteiger partial charge is 0.361 e. The van der Waals surface area contributed by atoms with E-state index in [2.05, 4.69) is 29.7 Å². The van der Waals surface area contributed by atoms with E-state index in [0.29, 0.717) is 6.73 Å². The van der Waals surface area contributed by atoms with Crippen LogP contribution in [-0.2, 0) is 18.5 Å². The molecule has 19 heavy (non-hydrogen) atoms. The number of nitrogens with zero attached hydrogens (tertiary/aromatic N) is 4. The maximum Gasteiger partial charge on any atom is 0.123 e. The smallest absolute Gasteiger partial charge is 0.123 e. The lowest BCUT2D eigenvalue weighted by Crippen LogP contribution is -2.21. The monoisotopic (exact) mass is 278 g/mol. The van der Waals surface area contributed by atoms with Crippen LogP contribution in [0.3, 0.4) is 0 Å². The van der Waals surface area contributed by atoms with E-state index < -0.39 is 8.07 Å². The van der Waals surface area contributed by atoms with E-state index >= 15 is 0 Å². The first-order valence-electron chi connectivity index (χ1n) is 6.52. The van der Waals surface area contributed by atoms with Gasteiger partial charge in [0.25, 0.3) is 0 Å². The highest BCUT2D eigenvalue weighted by Gasteiger charge is 2.12. The van der Waals surface area contributed by atoms with Crippen molar-refractivity contribution in [2.75, 3.05) is 6.61 Å². The molecule has 0 spiro atoms. The maximum atomic E-state index is 5.69. The Labute approximate surface area is 115 Å². The molecule has 5 nitrogen and oxygen atoms in total. The van der Waals surface area contributed by atoms with Crippen molar-refractivity contribution in [3.63, 3.8) is 0 Å². The second-order valence-corrected chi connectivity index (χ2v) is 11.6. The van der Waals surface area contributed by atoms with Crippen molar-refractivity contribution in [1.82, 2.24) is 19.3 Å². The number of imidazole rings is 1. The van der Waals surface area contributed by atoms with Crippen molar-refractivity contribution in [2.24, 2.45) is 7.05 Å². The quantitative estimate of drug-likeness (QED) is 0.602. The third kappa shape index (κ3) is 4.32. The molecule has 0 bridgehead atoms. The van der Waals surface area contributed by atoms with Crippen molar-refractivity contribution < 1.29 is 4.74 Å². The molecule has 0 saturated heterocycles. The molecular weight excluding hydrogens is 256 g/mol. The topological polar surface area (TPSA) is 44.9 Å². The number of ether oxygens (including phenoxy) is 1. The fraction of sp³-hybridized carbons (Fsp3) is 0.538. The number of aromatic nitrogens is 4. The summed E-state index contributed by atoms with van der Waals surface area (Å²) in [7, 11) is 0.902. The molecule has 2 heterocycles. The lowest BCUT2D eigenvalue weighted by Gasteiger charge is -2.15. The van der Waals surface area contributed by atoms with Crippen molar-refractivity contribution in [3.8, 4) is 11.3 Å². The van der Waals surface area contributed by atoms with Gasteiger partial charge in [-0.25, -0.2) is 4.98 Å². The molecule has 0 atom stereocenters. The fourth-order valence-corrected chi connectivity index (χ4v) is 2.44. The number of rotatable bonds is 6. The van der Waals surface area contributed by atoms with Gasteiger partial charge in [-0.15, -0.1) is 0 Å². The van der Waals surface area contributed by atoms with Crippen molar-refractivity contribution in [2.45, 2.75) is 32.4 Å². The van der Waals surface area contributed by atoms with Crippen LogP contribution in [0.1, 0.15) is 0 Å². The minimum absolute atomic E-state index is 0.567. The lowest BCUT2D eigenvalue weighted by atomic mass is 10.3. The Kier molecular flexibility index (Phi) is 4.21. The molecule has 0 unspecified atom stereocenters. The summed E-state index contributed by atoms with van der Waals surface area (Å²) in [5.41, 5.74) is 1.96. The van der Waals surface area contributed by atoms with E-state index in [-0.39, 0.29) is 0 Å². The van der Waals surface area contributed by atoms with Gasteiger partial charge in [-0.1, -0.05) is 19.6 Å². The second kappa shape index (κ2) is 5.71. The predicted molar refractivity (Wildman–Crippen MR) is 78.5 cm³/mol. The van der Waals surface area contributed by atoms with Crippen LogP contribution in [0.5, 0.6) is 0 Å². The van der Waals surface area contributed by atoms with E-state index in [1.807, 2.05) is 30.2 Å². The van der Waals surface area contributed by atoms with Crippen LogP contribution in [0.15, 0.2) is 24.9 Å². The van der Waals surface area contributed by atoms with Crippen LogP contribution in [-0.4, -0.2) is 34.0 Å². The van der Waals surface area contributed by atoms with E-state index in [0.717, 1.165) is 17.9 Å². The highest BCUT2D eigenvalue weighted by molar-refractivity contribution is 6.76.